The molecule has 8 nitrogen and oxygen atoms in total. The SMILES string of the molecule is CS(=O)(=O)NC1CCCN(C(=O)NC2CC(=O)N(c3c(F)cccc3F)C2)C1. The van der Waals surface area contributed by atoms with E-state index >= 15 is 0 Å². The number of hydrogen-bond donors (Lipinski definition) is 2. The van der Waals surface area contributed by atoms with Gasteiger partial charge in [-0.25, -0.2) is 26.7 Å². The van der Waals surface area contributed by atoms with Crippen LogP contribution >= 0.6 is 0 Å². The van der Waals surface area contributed by atoms with Gasteiger partial charge in [-0.3, -0.25) is 4.79 Å². The van der Waals surface area contributed by atoms with E-state index in [1.807, 2.05) is 0 Å². The van der Waals surface area contributed by atoms with Crippen LogP contribution in [0.5, 0.6) is 0 Å². The number of hydrogen-bond acceptors (Lipinski definition) is 4. The zero-order valence-electron chi connectivity index (χ0n) is 15.3. The molecule has 0 spiro atoms. The van der Waals surface area contributed by atoms with Crippen molar-refractivity contribution >= 4 is 27.6 Å². The molecule has 0 bridgehead atoms. The van der Waals surface area contributed by atoms with Gasteiger partial charge in [-0.2, -0.15) is 0 Å². The Kier molecular flexibility index (Phi) is 5.84. The number of urea groups is 1. The summed E-state index contributed by atoms with van der Waals surface area (Å²) in [5, 5.41) is 2.70. The number of nitrogens with one attached hydrogen (secondary N) is 2. The monoisotopic (exact) mass is 416 g/mol. The number of likely N-dealkylation sites (tertiary alicyclic amines) is 1. The van der Waals surface area contributed by atoms with E-state index in [0.717, 1.165) is 23.3 Å². The smallest absolute Gasteiger partial charge is 0.317 e. The van der Waals surface area contributed by atoms with Gasteiger partial charge in [0.15, 0.2) is 0 Å². The number of rotatable bonds is 4. The lowest BCUT2D eigenvalue weighted by Gasteiger charge is -2.33. The van der Waals surface area contributed by atoms with Crippen molar-refractivity contribution in [1.82, 2.24) is 14.9 Å². The van der Waals surface area contributed by atoms with Crippen LogP contribution in [0.3, 0.4) is 0 Å². The van der Waals surface area contributed by atoms with Gasteiger partial charge in [0.1, 0.15) is 17.3 Å². The van der Waals surface area contributed by atoms with Gasteiger partial charge in [-0.15, -0.1) is 0 Å². The van der Waals surface area contributed by atoms with Crippen LogP contribution in [0, 0.1) is 11.6 Å². The number of sulfonamides is 1. The molecule has 11 heteroatoms. The molecular weight excluding hydrogens is 394 g/mol. The number of benzene rings is 1. The van der Waals surface area contributed by atoms with Crippen molar-refractivity contribution in [3.8, 4) is 0 Å². The van der Waals surface area contributed by atoms with Crippen LogP contribution in [0.1, 0.15) is 19.3 Å². The van der Waals surface area contributed by atoms with Gasteiger partial charge in [-0.1, -0.05) is 6.07 Å². The van der Waals surface area contributed by atoms with E-state index in [1.165, 1.54) is 11.0 Å². The Morgan fingerprint density at radius 2 is 1.86 bits per heavy atom. The maximum Gasteiger partial charge on any atom is 0.317 e. The van der Waals surface area contributed by atoms with Crippen LogP contribution < -0.4 is 14.9 Å². The molecule has 1 aromatic carbocycles. The van der Waals surface area contributed by atoms with E-state index in [4.69, 9.17) is 0 Å². The minimum Gasteiger partial charge on any atom is -0.333 e. The van der Waals surface area contributed by atoms with Crippen molar-refractivity contribution in [3.63, 3.8) is 0 Å². The fourth-order valence-electron chi connectivity index (χ4n) is 3.59. The second-order valence-corrected chi connectivity index (χ2v) is 8.88. The van der Waals surface area contributed by atoms with E-state index in [0.29, 0.717) is 19.4 Å². The van der Waals surface area contributed by atoms with Gasteiger partial charge in [-0.05, 0) is 25.0 Å². The maximum absolute atomic E-state index is 13.9. The number of amides is 3. The van der Waals surface area contributed by atoms with Crippen molar-refractivity contribution < 1.29 is 26.8 Å². The second kappa shape index (κ2) is 8.00. The first-order valence-electron chi connectivity index (χ1n) is 8.91. The number of carbonyl (C=O) groups excluding carboxylic acids is 2. The van der Waals surface area contributed by atoms with Gasteiger partial charge in [0, 0.05) is 32.1 Å². The number of anilines is 1. The molecule has 2 fully saturated rings. The molecule has 2 unspecified atom stereocenters. The highest BCUT2D eigenvalue weighted by Crippen LogP contribution is 2.27. The highest BCUT2D eigenvalue weighted by molar-refractivity contribution is 7.88. The van der Waals surface area contributed by atoms with Crippen LogP contribution in [0.25, 0.3) is 0 Å². The summed E-state index contributed by atoms with van der Waals surface area (Å²) in [6.45, 7) is 0.632. The molecule has 2 aliphatic heterocycles. The lowest BCUT2D eigenvalue weighted by Crippen LogP contribution is -2.53. The first-order valence-corrected chi connectivity index (χ1v) is 10.8. The van der Waals surface area contributed by atoms with Crippen molar-refractivity contribution in [2.75, 3.05) is 30.8 Å². The van der Waals surface area contributed by atoms with Crippen LogP contribution in [0.2, 0.25) is 0 Å². The molecule has 0 saturated carbocycles. The molecule has 0 radical (unpaired) electrons. The fraction of sp³-hybridized carbons (Fsp3) is 0.529. The Labute approximate surface area is 161 Å². The Hall–Kier alpha value is -2.27. The molecule has 154 valence electrons. The first-order chi connectivity index (χ1) is 13.1. The normalized spacial score (nSPS) is 23.2. The van der Waals surface area contributed by atoms with Gasteiger partial charge < -0.3 is 15.1 Å². The van der Waals surface area contributed by atoms with Crippen LogP contribution in [0.4, 0.5) is 19.3 Å². The van der Waals surface area contributed by atoms with Gasteiger partial charge >= 0.3 is 6.03 Å². The van der Waals surface area contributed by atoms with Crippen molar-refractivity contribution in [1.29, 1.82) is 0 Å². The third kappa shape index (κ3) is 4.76. The average molecular weight is 416 g/mol. The predicted molar refractivity (Wildman–Crippen MR) is 98.2 cm³/mol. The summed E-state index contributed by atoms with van der Waals surface area (Å²) in [7, 11) is -3.38. The highest BCUT2D eigenvalue weighted by Gasteiger charge is 2.36. The van der Waals surface area contributed by atoms with Gasteiger partial charge in [0.25, 0.3) is 0 Å². The molecule has 2 aliphatic rings. The molecule has 0 aliphatic carbocycles. The van der Waals surface area contributed by atoms with E-state index in [-0.39, 0.29) is 25.6 Å². The Bertz CT molecular complexity index is 860. The third-order valence-corrected chi connectivity index (χ3v) is 5.51. The van der Waals surface area contributed by atoms with Crippen molar-refractivity contribution in [3.05, 3.63) is 29.8 Å². The summed E-state index contributed by atoms with van der Waals surface area (Å²) in [5.41, 5.74) is -0.417. The summed E-state index contributed by atoms with van der Waals surface area (Å²) in [6, 6.07) is 1.95. The Balaban J connectivity index is 1.61. The summed E-state index contributed by atoms with van der Waals surface area (Å²) in [6.07, 6.45) is 2.25. The number of nitrogens with zero attached hydrogens (tertiary/aromatic N) is 2. The maximum atomic E-state index is 13.9. The molecule has 2 heterocycles. The zero-order valence-corrected chi connectivity index (χ0v) is 16.1. The average Bonchev–Trinajstić information content (AvgIpc) is 2.93. The van der Waals surface area contributed by atoms with Crippen molar-refractivity contribution in [2.45, 2.75) is 31.3 Å². The molecule has 2 saturated heterocycles. The number of halogens is 2. The van der Waals surface area contributed by atoms with Gasteiger partial charge in [0.2, 0.25) is 15.9 Å². The number of carbonyl (C=O) groups is 2. The van der Waals surface area contributed by atoms with Crippen LogP contribution in [0.15, 0.2) is 18.2 Å². The van der Waals surface area contributed by atoms with E-state index in [2.05, 4.69) is 10.0 Å². The highest BCUT2D eigenvalue weighted by atomic mass is 32.2. The molecule has 2 atom stereocenters. The standard InChI is InChI=1S/C17H22F2N4O4S/c1-28(26,27)21-11-4-3-7-22(9-11)17(25)20-12-8-15(24)23(10-12)16-13(18)5-2-6-14(16)19/h2,5-6,11-12,21H,3-4,7-10H2,1H3,(H,20,25). The molecule has 2 N–H and O–H groups in total. The summed E-state index contributed by atoms with van der Waals surface area (Å²) >= 11 is 0. The quantitative estimate of drug-likeness (QED) is 0.758. The number of para-hydroxylation sites is 1. The van der Waals surface area contributed by atoms with Crippen LogP contribution in [-0.4, -0.2) is 63.2 Å². The van der Waals surface area contributed by atoms with E-state index in [9.17, 15) is 26.8 Å². The summed E-state index contributed by atoms with van der Waals surface area (Å²) in [4.78, 5) is 27.2. The molecular formula is C17H22F2N4O4S. The zero-order chi connectivity index (χ0) is 20.5. The molecule has 1 aromatic rings. The minimum absolute atomic E-state index is 0.0404. The van der Waals surface area contributed by atoms with Gasteiger partial charge in [0.05, 0.1) is 12.3 Å². The fourth-order valence-corrected chi connectivity index (χ4v) is 4.39. The third-order valence-electron chi connectivity index (χ3n) is 4.75. The first kappa shape index (κ1) is 20.5. The summed E-state index contributed by atoms with van der Waals surface area (Å²) in [5.74, 6) is -2.17. The van der Waals surface area contributed by atoms with E-state index < -0.39 is 45.3 Å². The Morgan fingerprint density at radius 3 is 2.50 bits per heavy atom. The minimum atomic E-state index is -3.38. The molecule has 0 aromatic heterocycles. The lowest BCUT2D eigenvalue weighted by molar-refractivity contribution is -0.117. The molecule has 3 rings (SSSR count). The topological polar surface area (TPSA) is 98.8 Å². The Morgan fingerprint density at radius 1 is 1.18 bits per heavy atom. The summed E-state index contributed by atoms with van der Waals surface area (Å²) < 4.78 is 53.2. The van der Waals surface area contributed by atoms with Crippen LogP contribution in [-0.2, 0) is 14.8 Å². The molecule has 28 heavy (non-hydrogen) atoms. The second-order valence-electron chi connectivity index (χ2n) is 7.10. The molecule has 3 amide bonds. The van der Waals surface area contributed by atoms with Crippen molar-refractivity contribution in [2.24, 2.45) is 0 Å². The van der Waals surface area contributed by atoms with E-state index in [1.54, 1.807) is 0 Å². The predicted octanol–water partition coefficient (Wildman–Crippen LogP) is 0.793. The largest absolute Gasteiger partial charge is 0.333 e. The lowest BCUT2D eigenvalue weighted by atomic mass is 10.1. The number of piperidine rings is 1.